The van der Waals surface area contributed by atoms with E-state index in [-0.39, 0.29) is 6.61 Å². The van der Waals surface area contributed by atoms with Crippen molar-refractivity contribution in [2.45, 2.75) is 20.3 Å². The van der Waals surface area contributed by atoms with Crippen LogP contribution in [-0.2, 0) is 0 Å². The molecule has 0 fully saturated rings. The molecule has 56 valence electrons. The molecule has 0 aromatic heterocycles. The van der Waals surface area contributed by atoms with E-state index in [1.807, 2.05) is 6.92 Å². The molecule has 0 aliphatic rings. The van der Waals surface area contributed by atoms with Crippen LogP contribution in [0.5, 0.6) is 0 Å². The quantitative estimate of drug-likeness (QED) is 0.587. The van der Waals surface area contributed by atoms with E-state index in [4.69, 9.17) is 10.8 Å². The summed E-state index contributed by atoms with van der Waals surface area (Å²) in [6.45, 7) is 5.17. The average Bonchev–Trinajstić information content (AvgIpc) is 1.87. The molecule has 0 bridgehead atoms. The molecule has 2 nitrogen and oxygen atoms in total. The maximum atomic E-state index is 8.69. The Bertz CT molecular complexity index is 65.9. The van der Waals surface area contributed by atoms with E-state index < -0.39 is 0 Å². The Kier molecular flexibility index (Phi) is 4.72. The Balaban J connectivity index is 3.32. The number of hydrogen-bond donors (Lipinski definition) is 2. The minimum atomic E-state index is 0.279. The van der Waals surface area contributed by atoms with Crippen molar-refractivity contribution in [2.24, 2.45) is 17.6 Å². The van der Waals surface area contributed by atoms with Gasteiger partial charge in [-0.05, 0) is 24.8 Å². The molecular formula is C7H17NO. The number of nitrogens with two attached hydrogens (primary N) is 1. The van der Waals surface area contributed by atoms with Gasteiger partial charge in [-0.15, -0.1) is 0 Å². The standard InChI is InChI=1S/C7H17NO/c1-6(3-4-8)7(2)5-9/h6-7,9H,3-5,8H2,1-2H3/t6-,7-/m0/s1. The van der Waals surface area contributed by atoms with E-state index in [2.05, 4.69) is 6.92 Å². The zero-order valence-corrected chi connectivity index (χ0v) is 6.30. The van der Waals surface area contributed by atoms with Crippen molar-refractivity contribution in [1.29, 1.82) is 0 Å². The predicted molar refractivity (Wildman–Crippen MR) is 39.1 cm³/mol. The third kappa shape index (κ3) is 3.49. The van der Waals surface area contributed by atoms with Crippen molar-refractivity contribution < 1.29 is 5.11 Å². The van der Waals surface area contributed by atoms with Gasteiger partial charge in [0.15, 0.2) is 0 Å². The molecule has 2 atom stereocenters. The normalized spacial score (nSPS) is 17.3. The van der Waals surface area contributed by atoms with E-state index in [1.165, 1.54) is 0 Å². The van der Waals surface area contributed by atoms with Crippen molar-refractivity contribution in [3.63, 3.8) is 0 Å². The molecule has 0 heterocycles. The third-order valence-electron chi connectivity index (χ3n) is 1.88. The van der Waals surface area contributed by atoms with Crippen LogP contribution in [0.15, 0.2) is 0 Å². The predicted octanol–water partition coefficient (Wildman–Crippen LogP) is 0.600. The van der Waals surface area contributed by atoms with Gasteiger partial charge < -0.3 is 10.8 Å². The first-order valence-corrected chi connectivity index (χ1v) is 3.53. The van der Waals surface area contributed by atoms with Crippen LogP contribution in [-0.4, -0.2) is 18.3 Å². The maximum absolute atomic E-state index is 8.69. The first kappa shape index (κ1) is 8.92. The second kappa shape index (κ2) is 4.77. The number of aliphatic hydroxyl groups is 1. The molecule has 9 heavy (non-hydrogen) atoms. The summed E-state index contributed by atoms with van der Waals surface area (Å²) in [4.78, 5) is 0. The summed E-state index contributed by atoms with van der Waals surface area (Å²) in [5.41, 5.74) is 5.34. The smallest absolute Gasteiger partial charge is 0.0459 e. The van der Waals surface area contributed by atoms with E-state index in [1.54, 1.807) is 0 Å². The van der Waals surface area contributed by atoms with Gasteiger partial charge in [-0.1, -0.05) is 13.8 Å². The van der Waals surface area contributed by atoms with E-state index in [9.17, 15) is 0 Å². The lowest BCUT2D eigenvalue weighted by molar-refractivity contribution is 0.192. The molecule has 3 N–H and O–H groups in total. The van der Waals surface area contributed by atoms with Crippen LogP contribution in [0.3, 0.4) is 0 Å². The minimum absolute atomic E-state index is 0.279. The Hall–Kier alpha value is -0.0800. The lowest BCUT2D eigenvalue weighted by Crippen LogP contribution is -2.15. The summed E-state index contributed by atoms with van der Waals surface area (Å²) in [7, 11) is 0. The molecule has 0 aliphatic heterocycles. The van der Waals surface area contributed by atoms with E-state index in [0.29, 0.717) is 11.8 Å². The Morgan fingerprint density at radius 3 is 2.22 bits per heavy atom. The summed E-state index contributed by atoms with van der Waals surface area (Å²) >= 11 is 0. The highest BCUT2D eigenvalue weighted by atomic mass is 16.3. The summed E-state index contributed by atoms with van der Waals surface area (Å²) in [5, 5.41) is 8.69. The first-order chi connectivity index (χ1) is 4.22. The number of rotatable bonds is 4. The third-order valence-corrected chi connectivity index (χ3v) is 1.88. The van der Waals surface area contributed by atoms with Crippen LogP contribution in [0.2, 0.25) is 0 Å². The summed E-state index contributed by atoms with van der Waals surface area (Å²) in [6, 6.07) is 0. The lowest BCUT2D eigenvalue weighted by Gasteiger charge is -2.15. The van der Waals surface area contributed by atoms with Gasteiger partial charge in [0.1, 0.15) is 0 Å². The van der Waals surface area contributed by atoms with Crippen LogP contribution in [0.1, 0.15) is 20.3 Å². The molecule has 0 saturated carbocycles. The molecule has 0 rings (SSSR count). The summed E-state index contributed by atoms with van der Waals surface area (Å²) < 4.78 is 0. The largest absolute Gasteiger partial charge is 0.396 e. The molecule has 0 radical (unpaired) electrons. The zero-order chi connectivity index (χ0) is 7.28. The van der Waals surface area contributed by atoms with Crippen LogP contribution < -0.4 is 5.73 Å². The van der Waals surface area contributed by atoms with Crippen molar-refractivity contribution in [1.82, 2.24) is 0 Å². The molecule has 0 aliphatic carbocycles. The van der Waals surface area contributed by atoms with E-state index >= 15 is 0 Å². The van der Waals surface area contributed by atoms with Gasteiger partial charge in [-0.3, -0.25) is 0 Å². The topological polar surface area (TPSA) is 46.2 Å². The Morgan fingerprint density at radius 2 is 1.89 bits per heavy atom. The number of hydrogen-bond acceptors (Lipinski definition) is 2. The first-order valence-electron chi connectivity index (χ1n) is 3.53. The molecule has 0 amide bonds. The molecular weight excluding hydrogens is 114 g/mol. The van der Waals surface area contributed by atoms with Gasteiger partial charge >= 0.3 is 0 Å². The van der Waals surface area contributed by atoms with Crippen molar-refractivity contribution in [3.8, 4) is 0 Å². The van der Waals surface area contributed by atoms with Crippen LogP contribution in [0.4, 0.5) is 0 Å². The van der Waals surface area contributed by atoms with Gasteiger partial charge in [-0.2, -0.15) is 0 Å². The summed E-state index contributed by atoms with van der Waals surface area (Å²) in [6.07, 6.45) is 1.02. The molecule has 0 spiro atoms. The highest BCUT2D eigenvalue weighted by Gasteiger charge is 2.08. The lowest BCUT2D eigenvalue weighted by atomic mass is 9.94. The molecule has 0 aromatic rings. The van der Waals surface area contributed by atoms with Crippen LogP contribution >= 0.6 is 0 Å². The van der Waals surface area contributed by atoms with E-state index in [0.717, 1.165) is 13.0 Å². The Labute approximate surface area is 57.1 Å². The van der Waals surface area contributed by atoms with Crippen molar-refractivity contribution in [3.05, 3.63) is 0 Å². The number of aliphatic hydroxyl groups excluding tert-OH is 1. The highest BCUT2D eigenvalue weighted by molar-refractivity contribution is 4.60. The van der Waals surface area contributed by atoms with Gasteiger partial charge in [0, 0.05) is 6.61 Å². The van der Waals surface area contributed by atoms with Crippen LogP contribution in [0.25, 0.3) is 0 Å². The maximum Gasteiger partial charge on any atom is 0.0459 e. The molecule has 0 unspecified atom stereocenters. The van der Waals surface area contributed by atoms with Crippen molar-refractivity contribution in [2.75, 3.05) is 13.2 Å². The fourth-order valence-electron chi connectivity index (χ4n) is 0.727. The van der Waals surface area contributed by atoms with Gasteiger partial charge in [0.25, 0.3) is 0 Å². The van der Waals surface area contributed by atoms with Crippen molar-refractivity contribution >= 4 is 0 Å². The molecule has 0 aromatic carbocycles. The SMILES string of the molecule is C[C@@H](CO)[C@@H](C)CCN. The fourth-order valence-corrected chi connectivity index (χ4v) is 0.727. The highest BCUT2D eigenvalue weighted by Crippen LogP contribution is 2.12. The summed E-state index contributed by atoms with van der Waals surface area (Å²) in [5.74, 6) is 0.952. The monoisotopic (exact) mass is 131 g/mol. The fraction of sp³-hybridized carbons (Fsp3) is 1.00. The van der Waals surface area contributed by atoms with Gasteiger partial charge in [0.2, 0.25) is 0 Å². The minimum Gasteiger partial charge on any atom is -0.396 e. The Morgan fingerprint density at radius 1 is 1.33 bits per heavy atom. The van der Waals surface area contributed by atoms with Gasteiger partial charge in [0.05, 0.1) is 0 Å². The second-order valence-electron chi connectivity index (χ2n) is 2.71. The second-order valence-corrected chi connectivity index (χ2v) is 2.71. The van der Waals surface area contributed by atoms with Crippen LogP contribution in [0, 0.1) is 11.8 Å². The molecule has 2 heteroatoms. The average molecular weight is 131 g/mol. The van der Waals surface area contributed by atoms with Gasteiger partial charge in [-0.25, -0.2) is 0 Å². The molecule has 0 saturated heterocycles. The zero-order valence-electron chi connectivity index (χ0n) is 6.30.